The quantitative estimate of drug-likeness (QED) is 0.356. The normalized spacial score (nSPS) is 11.7. The summed E-state index contributed by atoms with van der Waals surface area (Å²) in [5, 5.41) is 10.6. The lowest BCUT2D eigenvalue weighted by molar-refractivity contribution is 0.511. The van der Waals surface area contributed by atoms with Crippen LogP contribution in [0.5, 0.6) is 0 Å². The summed E-state index contributed by atoms with van der Waals surface area (Å²) in [5.74, 6) is 0.847. The molecule has 0 aromatic rings. The molecule has 0 aliphatic rings. The third-order valence-electron chi connectivity index (χ3n) is 3.93. The van der Waals surface area contributed by atoms with E-state index in [0.29, 0.717) is 6.04 Å². The first-order chi connectivity index (χ1) is 10.6. The Morgan fingerprint density at radius 3 is 1.45 bits per heavy atom. The summed E-state index contributed by atoms with van der Waals surface area (Å²) in [4.78, 5) is 0. The minimum Gasteiger partial charge on any atom is -0.317 e. The van der Waals surface area contributed by atoms with Crippen LogP contribution in [0.1, 0.15) is 79.1 Å². The molecule has 22 heavy (non-hydrogen) atoms. The van der Waals surface area contributed by atoms with E-state index in [0.717, 1.165) is 5.92 Å². The molecule has 0 unspecified atom stereocenters. The smallest absolute Gasteiger partial charge is 0.00103 e. The lowest BCUT2D eigenvalue weighted by Crippen LogP contribution is -2.24. The Bertz CT molecular complexity index is 183. The minimum atomic E-state index is 0.628. The molecule has 0 aliphatic carbocycles. The van der Waals surface area contributed by atoms with E-state index in [2.05, 4.69) is 43.6 Å². The van der Waals surface area contributed by atoms with Crippen LogP contribution >= 0.6 is 0 Å². The second kappa shape index (κ2) is 17.2. The molecule has 134 valence electrons. The van der Waals surface area contributed by atoms with Gasteiger partial charge >= 0.3 is 0 Å². The SMILES string of the molecule is CC(C)CCCNCCCCCNCCCCCNC(C)C. The Morgan fingerprint density at radius 2 is 1.00 bits per heavy atom. The second-order valence-electron chi connectivity index (χ2n) is 7.27. The lowest BCUT2D eigenvalue weighted by atomic mass is 10.1. The van der Waals surface area contributed by atoms with Crippen molar-refractivity contribution in [1.82, 2.24) is 16.0 Å². The summed E-state index contributed by atoms with van der Waals surface area (Å²) in [7, 11) is 0. The lowest BCUT2D eigenvalue weighted by Gasteiger charge is -2.08. The van der Waals surface area contributed by atoms with Crippen LogP contribution in [0.25, 0.3) is 0 Å². The molecule has 0 radical (unpaired) electrons. The highest BCUT2D eigenvalue weighted by atomic mass is 14.9. The summed E-state index contributed by atoms with van der Waals surface area (Å²) in [6.45, 7) is 15.0. The van der Waals surface area contributed by atoms with Gasteiger partial charge in [0.15, 0.2) is 0 Å². The van der Waals surface area contributed by atoms with Crippen molar-refractivity contribution in [2.45, 2.75) is 85.1 Å². The van der Waals surface area contributed by atoms with Crippen molar-refractivity contribution in [3.8, 4) is 0 Å². The molecule has 0 aliphatic heterocycles. The van der Waals surface area contributed by atoms with Crippen molar-refractivity contribution in [1.29, 1.82) is 0 Å². The van der Waals surface area contributed by atoms with E-state index >= 15 is 0 Å². The monoisotopic (exact) mass is 313 g/mol. The van der Waals surface area contributed by atoms with Crippen LogP contribution in [-0.2, 0) is 0 Å². The molecule has 0 rings (SSSR count). The maximum Gasteiger partial charge on any atom is 0.00103 e. The van der Waals surface area contributed by atoms with Crippen LogP contribution in [0.15, 0.2) is 0 Å². The molecule has 0 saturated heterocycles. The largest absolute Gasteiger partial charge is 0.317 e. The maximum absolute atomic E-state index is 3.57. The molecule has 0 spiro atoms. The molecule has 3 N–H and O–H groups in total. The van der Waals surface area contributed by atoms with Gasteiger partial charge in [0.05, 0.1) is 0 Å². The summed E-state index contributed by atoms with van der Waals surface area (Å²) < 4.78 is 0. The predicted octanol–water partition coefficient (Wildman–Crippen LogP) is 3.94. The Kier molecular flexibility index (Phi) is 17.1. The van der Waals surface area contributed by atoms with E-state index in [1.54, 1.807) is 0 Å². The van der Waals surface area contributed by atoms with Crippen LogP contribution in [-0.4, -0.2) is 38.8 Å². The zero-order valence-corrected chi connectivity index (χ0v) is 15.8. The molecular weight excluding hydrogens is 270 g/mol. The zero-order chi connectivity index (χ0) is 16.5. The van der Waals surface area contributed by atoms with Gasteiger partial charge in [-0.1, -0.05) is 40.5 Å². The van der Waals surface area contributed by atoms with Crippen LogP contribution in [0, 0.1) is 5.92 Å². The predicted molar refractivity (Wildman–Crippen MR) is 101 cm³/mol. The zero-order valence-electron chi connectivity index (χ0n) is 15.8. The number of unbranched alkanes of at least 4 members (excludes halogenated alkanes) is 4. The standard InChI is InChI=1S/C19H43N3/c1-18(2)12-11-16-21-15-8-5-7-13-20-14-9-6-10-17-22-19(3)4/h18-22H,5-17H2,1-4H3. The van der Waals surface area contributed by atoms with Gasteiger partial charge in [0.2, 0.25) is 0 Å². The summed E-state index contributed by atoms with van der Waals surface area (Å²) in [5.41, 5.74) is 0. The molecule has 0 atom stereocenters. The van der Waals surface area contributed by atoms with E-state index in [4.69, 9.17) is 0 Å². The molecular formula is C19H43N3. The molecule has 3 heteroatoms. The highest BCUT2D eigenvalue weighted by molar-refractivity contribution is 4.56. The third kappa shape index (κ3) is 19.9. The second-order valence-corrected chi connectivity index (χ2v) is 7.27. The van der Waals surface area contributed by atoms with Gasteiger partial charge in [0.1, 0.15) is 0 Å². The van der Waals surface area contributed by atoms with Crippen molar-refractivity contribution >= 4 is 0 Å². The third-order valence-corrected chi connectivity index (χ3v) is 3.93. The molecule has 0 amide bonds. The van der Waals surface area contributed by atoms with E-state index in [-0.39, 0.29) is 0 Å². The van der Waals surface area contributed by atoms with Crippen LogP contribution in [0.3, 0.4) is 0 Å². The first-order valence-electron chi connectivity index (χ1n) is 9.77. The number of hydrogen-bond acceptors (Lipinski definition) is 3. The van der Waals surface area contributed by atoms with Gasteiger partial charge in [-0.2, -0.15) is 0 Å². The summed E-state index contributed by atoms with van der Waals surface area (Å²) >= 11 is 0. The van der Waals surface area contributed by atoms with Crippen molar-refractivity contribution in [2.75, 3.05) is 32.7 Å². The highest BCUT2D eigenvalue weighted by Gasteiger charge is 1.95. The van der Waals surface area contributed by atoms with E-state index in [9.17, 15) is 0 Å². The van der Waals surface area contributed by atoms with Gasteiger partial charge in [-0.25, -0.2) is 0 Å². The van der Waals surface area contributed by atoms with Gasteiger partial charge in [-0.05, 0) is 77.2 Å². The number of rotatable bonds is 17. The summed E-state index contributed by atoms with van der Waals surface area (Å²) in [6, 6.07) is 0.628. The van der Waals surface area contributed by atoms with Gasteiger partial charge in [-0.15, -0.1) is 0 Å². The average molecular weight is 314 g/mol. The Balaban J connectivity index is 2.97. The molecule has 0 aromatic heterocycles. The average Bonchev–Trinajstić information content (AvgIpc) is 2.46. The van der Waals surface area contributed by atoms with Crippen LogP contribution in [0.2, 0.25) is 0 Å². The van der Waals surface area contributed by atoms with Gasteiger partial charge in [-0.3, -0.25) is 0 Å². The van der Waals surface area contributed by atoms with Gasteiger partial charge in [0, 0.05) is 6.04 Å². The molecule has 3 nitrogen and oxygen atoms in total. The highest BCUT2D eigenvalue weighted by Crippen LogP contribution is 2.01. The molecule has 0 fully saturated rings. The fraction of sp³-hybridized carbons (Fsp3) is 1.00. The first kappa shape index (κ1) is 21.9. The van der Waals surface area contributed by atoms with Gasteiger partial charge < -0.3 is 16.0 Å². The Morgan fingerprint density at radius 1 is 0.545 bits per heavy atom. The topological polar surface area (TPSA) is 36.1 Å². The number of hydrogen-bond donors (Lipinski definition) is 3. The fourth-order valence-electron chi connectivity index (χ4n) is 2.50. The maximum atomic E-state index is 3.57. The van der Waals surface area contributed by atoms with Crippen LogP contribution in [0.4, 0.5) is 0 Å². The molecule has 0 heterocycles. The summed E-state index contributed by atoms with van der Waals surface area (Å²) in [6.07, 6.45) is 10.6. The van der Waals surface area contributed by atoms with Crippen molar-refractivity contribution < 1.29 is 0 Å². The fourth-order valence-corrected chi connectivity index (χ4v) is 2.50. The number of nitrogens with one attached hydrogen (secondary N) is 3. The van der Waals surface area contributed by atoms with Crippen molar-refractivity contribution in [2.24, 2.45) is 5.92 Å². The first-order valence-corrected chi connectivity index (χ1v) is 9.77. The van der Waals surface area contributed by atoms with E-state index in [1.165, 1.54) is 84.1 Å². The van der Waals surface area contributed by atoms with E-state index < -0.39 is 0 Å². The van der Waals surface area contributed by atoms with Crippen molar-refractivity contribution in [3.05, 3.63) is 0 Å². The Labute approximate surface area is 140 Å². The van der Waals surface area contributed by atoms with Gasteiger partial charge in [0.25, 0.3) is 0 Å². The molecule has 0 aromatic carbocycles. The van der Waals surface area contributed by atoms with Crippen molar-refractivity contribution in [3.63, 3.8) is 0 Å². The van der Waals surface area contributed by atoms with E-state index in [1.807, 2.05) is 0 Å². The van der Waals surface area contributed by atoms with Crippen LogP contribution < -0.4 is 16.0 Å². The Hall–Kier alpha value is -0.120. The minimum absolute atomic E-state index is 0.628. The molecule has 0 saturated carbocycles. The molecule has 0 bridgehead atoms.